The van der Waals surface area contributed by atoms with Crippen LogP contribution in [0, 0.1) is 0 Å². The molecule has 0 aromatic carbocycles. The van der Waals surface area contributed by atoms with Gasteiger partial charge in [0.2, 0.25) is 0 Å². The maximum Gasteiger partial charge on any atom is 0.265 e. The molecule has 1 aliphatic carbocycles. The molecule has 5 nitrogen and oxygen atoms in total. The van der Waals surface area contributed by atoms with Crippen LogP contribution < -0.4 is 11.1 Å². The molecule has 1 saturated carbocycles. The fourth-order valence-electron chi connectivity index (χ4n) is 2.52. The predicted molar refractivity (Wildman–Crippen MR) is 84.1 cm³/mol. The number of nitrogens with zero attached hydrogens (tertiary/aromatic N) is 2. The third kappa shape index (κ3) is 2.83. The van der Waals surface area contributed by atoms with Gasteiger partial charge < -0.3 is 11.1 Å². The van der Waals surface area contributed by atoms with Crippen LogP contribution >= 0.6 is 23.8 Å². The van der Waals surface area contributed by atoms with Crippen LogP contribution in [0.1, 0.15) is 61.8 Å². The number of carbonyl (C=O) groups is 1. The zero-order valence-corrected chi connectivity index (χ0v) is 13.7. The third-order valence-electron chi connectivity index (χ3n) is 3.69. The summed E-state index contributed by atoms with van der Waals surface area (Å²) in [4.78, 5) is 13.5. The maximum atomic E-state index is 12.5. The highest BCUT2D eigenvalue weighted by Crippen LogP contribution is 2.32. The number of hydrogen-bond acceptors (Lipinski definition) is 5. The lowest BCUT2D eigenvalue weighted by Crippen LogP contribution is -2.54. The van der Waals surface area contributed by atoms with Gasteiger partial charge in [-0.05, 0) is 24.4 Å². The summed E-state index contributed by atoms with van der Waals surface area (Å²) < 4.78 is 3.92. The zero-order valence-electron chi connectivity index (χ0n) is 12.0. The number of hydrogen-bond donors (Lipinski definition) is 2. The van der Waals surface area contributed by atoms with Crippen molar-refractivity contribution < 1.29 is 4.79 Å². The van der Waals surface area contributed by atoms with E-state index in [2.05, 4.69) is 14.9 Å². The number of rotatable bonds is 3. The van der Waals surface area contributed by atoms with Crippen molar-refractivity contribution in [3.63, 3.8) is 0 Å². The minimum Gasteiger partial charge on any atom is -0.391 e. The van der Waals surface area contributed by atoms with Crippen LogP contribution in [0.15, 0.2) is 0 Å². The van der Waals surface area contributed by atoms with Crippen molar-refractivity contribution in [2.75, 3.05) is 0 Å². The molecular formula is C13H20N4OS2. The molecule has 1 fully saturated rings. The molecule has 3 N–H and O–H groups in total. The van der Waals surface area contributed by atoms with Crippen LogP contribution in [0.3, 0.4) is 0 Å². The highest BCUT2D eigenvalue weighted by molar-refractivity contribution is 7.80. The Morgan fingerprint density at radius 1 is 1.40 bits per heavy atom. The van der Waals surface area contributed by atoms with Crippen LogP contribution in [-0.2, 0) is 5.41 Å². The van der Waals surface area contributed by atoms with Crippen LogP contribution in [0.25, 0.3) is 0 Å². The van der Waals surface area contributed by atoms with Gasteiger partial charge in [0.1, 0.15) is 4.88 Å². The minimum absolute atomic E-state index is 0.167. The molecule has 20 heavy (non-hydrogen) atoms. The van der Waals surface area contributed by atoms with Crippen LogP contribution in [-0.4, -0.2) is 26.0 Å². The molecule has 1 aromatic rings. The van der Waals surface area contributed by atoms with Gasteiger partial charge >= 0.3 is 0 Å². The van der Waals surface area contributed by atoms with Gasteiger partial charge in [-0.1, -0.05) is 50.3 Å². The normalized spacial score (nSPS) is 17.9. The number of amides is 1. The second kappa shape index (κ2) is 5.37. The van der Waals surface area contributed by atoms with Gasteiger partial charge in [-0.3, -0.25) is 4.79 Å². The Morgan fingerprint density at radius 2 is 2.00 bits per heavy atom. The van der Waals surface area contributed by atoms with Crippen molar-refractivity contribution in [3.05, 3.63) is 10.6 Å². The zero-order chi connectivity index (χ0) is 15.0. The van der Waals surface area contributed by atoms with Gasteiger partial charge in [-0.15, -0.1) is 5.10 Å². The molecule has 2 rings (SSSR count). The number of aromatic nitrogens is 2. The molecule has 0 radical (unpaired) electrons. The third-order valence-corrected chi connectivity index (χ3v) is 4.80. The second-order valence-electron chi connectivity index (χ2n) is 6.31. The molecule has 1 amide bonds. The topological polar surface area (TPSA) is 80.9 Å². The van der Waals surface area contributed by atoms with Crippen molar-refractivity contribution in [3.8, 4) is 0 Å². The Bertz CT molecular complexity index is 527. The van der Waals surface area contributed by atoms with Crippen LogP contribution in [0.2, 0.25) is 0 Å². The van der Waals surface area contributed by atoms with Crippen LogP contribution in [0.4, 0.5) is 0 Å². The van der Waals surface area contributed by atoms with Gasteiger partial charge in [-0.25, -0.2) is 0 Å². The first-order chi connectivity index (χ1) is 9.26. The standard InChI is InChI=1S/C13H20N4OS2/c1-12(2,3)9-8(20-17-16-9)10(18)15-13(11(14)19)6-4-5-7-13/h4-7H2,1-3H3,(H2,14,19)(H,15,18). The quantitative estimate of drug-likeness (QED) is 0.836. The monoisotopic (exact) mass is 312 g/mol. The Kier molecular flexibility index (Phi) is 4.11. The van der Waals surface area contributed by atoms with Crippen molar-refractivity contribution in [1.29, 1.82) is 0 Å². The highest BCUT2D eigenvalue weighted by Gasteiger charge is 2.39. The summed E-state index contributed by atoms with van der Waals surface area (Å²) in [5.41, 5.74) is 5.81. The van der Waals surface area contributed by atoms with Crippen molar-refractivity contribution in [1.82, 2.24) is 14.9 Å². The summed E-state index contributed by atoms with van der Waals surface area (Å²) in [7, 11) is 0. The Labute approximate surface area is 128 Å². The van der Waals surface area contributed by atoms with E-state index in [-0.39, 0.29) is 11.3 Å². The van der Waals surface area contributed by atoms with E-state index in [9.17, 15) is 4.79 Å². The number of thiocarbonyl (C=S) groups is 1. The van der Waals surface area contributed by atoms with E-state index in [4.69, 9.17) is 18.0 Å². The van der Waals surface area contributed by atoms with E-state index in [0.717, 1.165) is 42.9 Å². The summed E-state index contributed by atoms with van der Waals surface area (Å²) in [5, 5.41) is 7.13. The lowest BCUT2D eigenvalue weighted by atomic mass is 9.91. The van der Waals surface area contributed by atoms with E-state index in [1.807, 2.05) is 20.8 Å². The largest absolute Gasteiger partial charge is 0.391 e. The average molecular weight is 312 g/mol. The van der Waals surface area contributed by atoms with E-state index in [1.165, 1.54) is 0 Å². The first-order valence-corrected chi connectivity index (χ1v) is 7.90. The number of nitrogens with two attached hydrogens (primary N) is 1. The van der Waals surface area contributed by atoms with Gasteiger partial charge in [-0.2, -0.15) is 0 Å². The molecule has 0 spiro atoms. The molecule has 1 aliphatic rings. The minimum atomic E-state index is -0.536. The Hall–Kier alpha value is -1.08. The molecule has 0 aliphatic heterocycles. The number of nitrogens with one attached hydrogen (secondary N) is 1. The smallest absolute Gasteiger partial charge is 0.265 e. The summed E-state index contributed by atoms with van der Waals surface area (Å²) in [6.07, 6.45) is 3.69. The van der Waals surface area contributed by atoms with Crippen molar-refractivity contribution >= 4 is 34.6 Å². The van der Waals surface area contributed by atoms with Gasteiger partial charge in [0.15, 0.2) is 0 Å². The average Bonchev–Trinajstić information content (AvgIpc) is 2.96. The summed E-state index contributed by atoms with van der Waals surface area (Å²) in [6.45, 7) is 6.04. The molecule has 1 heterocycles. The van der Waals surface area contributed by atoms with Crippen LogP contribution in [0.5, 0.6) is 0 Å². The van der Waals surface area contributed by atoms with E-state index in [0.29, 0.717) is 9.87 Å². The van der Waals surface area contributed by atoms with Gasteiger partial charge in [0.05, 0.1) is 16.2 Å². The summed E-state index contributed by atoms with van der Waals surface area (Å²) in [5.74, 6) is -0.167. The predicted octanol–water partition coefficient (Wildman–Crippen LogP) is 2.16. The Morgan fingerprint density at radius 3 is 2.50 bits per heavy atom. The number of carbonyl (C=O) groups excluding carboxylic acids is 1. The SMILES string of the molecule is CC(C)(C)c1nnsc1C(=O)NC1(C(N)=S)CCCC1. The molecule has 110 valence electrons. The first-order valence-electron chi connectivity index (χ1n) is 6.71. The molecule has 1 aromatic heterocycles. The van der Waals surface area contributed by atoms with E-state index >= 15 is 0 Å². The van der Waals surface area contributed by atoms with Crippen molar-refractivity contribution in [2.24, 2.45) is 5.73 Å². The highest BCUT2D eigenvalue weighted by atomic mass is 32.1. The first kappa shape index (κ1) is 15.3. The lowest BCUT2D eigenvalue weighted by molar-refractivity contribution is 0.0926. The van der Waals surface area contributed by atoms with Gasteiger partial charge in [0, 0.05) is 5.41 Å². The Balaban J connectivity index is 2.25. The lowest BCUT2D eigenvalue weighted by Gasteiger charge is -2.29. The molecule has 0 saturated heterocycles. The second-order valence-corrected chi connectivity index (χ2v) is 7.50. The van der Waals surface area contributed by atoms with Gasteiger partial charge in [0.25, 0.3) is 5.91 Å². The maximum absolute atomic E-state index is 12.5. The fourth-order valence-corrected chi connectivity index (χ4v) is 3.54. The van der Waals surface area contributed by atoms with E-state index < -0.39 is 5.54 Å². The molecule has 0 unspecified atom stereocenters. The molecular weight excluding hydrogens is 292 g/mol. The molecule has 7 heteroatoms. The fraction of sp³-hybridized carbons (Fsp3) is 0.692. The van der Waals surface area contributed by atoms with E-state index in [1.54, 1.807) is 0 Å². The summed E-state index contributed by atoms with van der Waals surface area (Å²) in [6, 6.07) is 0. The van der Waals surface area contributed by atoms with Crippen molar-refractivity contribution in [2.45, 2.75) is 57.4 Å². The molecule has 0 bridgehead atoms. The molecule has 0 atom stereocenters. The summed E-state index contributed by atoms with van der Waals surface area (Å²) >= 11 is 6.28.